The summed E-state index contributed by atoms with van der Waals surface area (Å²) < 4.78 is 16.7. The summed E-state index contributed by atoms with van der Waals surface area (Å²) in [6.45, 7) is 0. The van der Waals surface area contributed by atoms with Crippen molar-refractivity contribution in [3.63, 3.8) is 0 Å². The van der Waals surface area contributed by atoms with Crippen molar-refractivity contribution in [1.82, 2.24) is 0 Å². The number of hydrogen-bond donors (Lipinski definition) is 0. The molecular weight excluding hydrogens is 254 g/mol. The first-order valence-electron chi connectivity index (χ1n) is 5.11. The third-order valence-electron chi connectivity index (χ3n) is 2.29. The van der Waals surface area contributed by atoms with E-state index in [4.69, 9.17) is 11.6 Å². The molecule has 1 atom stereocenters. The second-order valence-electron chi connectivity index (χ2n) is 3.68. The van der Waals surface area contributed by atoms with Crippen LogP contribution < -0.4 is 0 Å². The lowest BCUT2D eigenvalue weighted by molar-refractivity contribution is 0.681. The Morgan fingerprint density at radius 2 is 1.59 bits per heavy atom. The third-order valence-corrected chi connectivity index (χ3v) is 4.24. The minimum atomic E-state index is -2.39. The number of halogens is 1. The summed E-state index contributed by atoms with van der Waals surface area (Å²) >= 11 is 5.79. The quantitative estimate of drug-likeness (QED) is 0.803. The molecule has 1 unspecified atom stereocenters. The molecule has 0 aromatic heterocycles. The van der Waals surface area contributed by atoms with Gasteiger partial charge in [-0.3, -0.25) is 0 Å². The molecular formula is C13H12ClNOS. The maximum absolute atomic E-state index is 12.4. The smallest absolute Gasteiger partial charge is 0.0771 e. The first-order valence-corrected chi connectivity index (χ1v) is 7.41. The Labute approximate surface area is 106 Å². The van der Waals surface area contributed by atoms with Crippen LogP contribution in [-0.4, -0.2) is 10.5 Å². The molecule has 0 radical (unpaired) electrons. The summed E-state index contributed by atoms with van der Waals surface area (Å²) in [5.41, 5.74) is 0.672. The normalized spacial score (nSPS) is 14.0. The molecule has 2 rings (SSSR count). The van der Waals surface area contributed by atoms with E-state index in [0.29, 0.717) is 10.7 Å². The van der Waals surface area contributed by atoms with Crippen molar-refractivity contribution in [3.05, 3.63) is 59.6 Å². The van der Waals surface area contributed by atoms with Crippen molar-refractivity contribution in [2.45, 2.75) is 4.90 Å². The molecule has 2 nitrogen and oxygen atoms in total. The van der Waals surface area contributed by atoms with Crippen LogP contribution in [0.3, 0.4) is 0 Å². The molecule has 0 heterocycles. The van der Waals surface area contributed by atoms with Crippen molar-refractivity contribution in [2.24, 2.45) is 4.36 Å². The van der Waals surface area contributed by atoms with Crippen LogP contribution in [0.5, 0.6) is 0 Å². The first-order chi connectivity index (χ1) is 8.08. The van der Waals surface area contributed by atoms with Crippen molar-refractivity contribution in [2.75, 3.05) is 6.26 Å². The van der Waals surface area contributed by atoms with E-state index in [9.17, 15) is 4.21 Å². The van der Waals surface area contributed by atoms with Crippen LogP contribution >= 0.6 is 11.6 Å². The van der Waals surface area contributed by atoms with Gasteiger partial charge in [0.1, 0.15) is 0 Å². The lowest BCUT2D eigenvalue weighted by atomic mass is 10.3. The summed E-state index contributed by atoms with van der Waals surface area (Å²) in [6, 6.07) is 16.2. The van der Waals surface area contributed by atoms with Gasteiger partial charge in [-0.1, -0.05) is 29.8 Å². The second kappa shape index (κ2) is 4.90. The van der Waals surface area contributed by atoms with E-state index in [-0.39, 0.29) is 0 Å². The fraction of sp³-hybridized carbons (Fsp3) is 0.0769. The second-order valence-corrected chi connectivity index (χ2v) is 6.38. The molecule has 0 aliphatic heterocycles. The van der Waals surface area contributed by atoms with Gasteiger partial charge in [0.05, 0.1) is 15.4 Å². The summed E-state index contributed by atoms with van der Waals surface area (Å²) in [7, 11) is -2.39. The molecule has 17 heavy (non-hydrogen) atoms. The van der Waals surface area contributed by atoms with Gasteiger partial charge in [0.25, 0.3) is 0 Å². The number of nitrogens with zero attached hydrogens (tertiary/aromatic N) is 1. The molecule has 0 spiro atoms. The van der Waals surface area contributed by atoms with Crippen LogP contribution in [0.15, 0.2) is 63.9 Å². The summed E-state index contributed by atoms with van der Waals surface area (Å²) in [4.78, 5) is 0.731. The van der Waals surface area contributed by atoms with Crippen molar-refractivity contribution < 1.29 is 4.21 Å². The Morgan fingerprint density at radius 1 is 1.00 bits per heavy atom. The highest BCUT2D eigenvalue weighted by molar-refractivity contribution is 7.93. The Bertz CT molecular complexity index is 614. The number of rotatable bonds is 2. The van der Waals surface area contributed by atoms with E-state index >= 15 is 0 Å². The van der Waals surface area contributed by atoms with Gasteiger partial charge in [0, 0.05) is 16.2 Å². The van der Waals surface area contributed by atoms with Crippen molar-refractivity contribution >= 4 is 27.0 Å². The van der Waals surface area contributed by atoms with E-state index in [2.05, 4.69) is 4.36 Å². The van der Waals surface area contributed by atoms with E-state index in [1.54, 1.807) is 30.5 Å². The summed E-state index contributed by atoms with van der Waals surface area (Å²) in [5, 5.41) is 0.645. The van der Waals surface area contributed by atoms with Gasteiger partial charge in [0.2, 0.25) is 0 Å². The van der Waals surface area contributed by atoms with E-state index in [1.165, 1.54) is 0 Å². The third kappa shape index (κ3) is 3.08. The zero-order chi connectivity index (χ0) is 12.3. The molecule has 0 amide bonds. The fourth-order valence-corrected chi connectivity index (χ4v) is 2.85. The Balaban J connectivity index is 2.46. The van der Waals surface area contributed by atoms with Crippen molar-refractivity contribution in [1.29, 1.82) is 0 Å². The van der Waals surface area contributed by atoms with Crippen LogP contribution in [0, 0.1) is 0 Å². The van der Waals surface area contributed by atoms with Gasteiger partial charge in [-0.2, -0.15) is 4.36 Å². The molecule has 2 aromatic rings. The highest BCUT2D eigenvalue weighted by atomic mass is 35.5. The maximum Gasteiger partial charge on any atom is 0.0771 e. The lowest BCUT2D eigenvalue weighted by Crippen LogP contribution is -1.95. The van der Waals surface area contributed by atoms with Gasteiger partial charge in [-0.25, -0.2) is 4.21 Å². The monoisotopic (exact) mass is 265 g/mol. The zero-order valence-electron chi connectivity index (χ0n) is 9.34. The average molecular weight is 266 g/mol. The Morgan fingerprint density at radius 3 is 2.18 bits per heavy atom. The number of benzene rings is 2. The van der Waals surface area contributed by atoms with Crippen LogP contribution in [-0.2, 0) is 9.73 Å². The SMILES string of the molecule is CS(=O)(=Nc1ccc(Cl)cc1)c1ccccc1. The van der Waals surface area contributed by atoms with Gasteiger partial charge in [-0.15, -0.1) is 0 Å². The van der Waals surface area contributed by atoms with Crippen molar-refractivity contribution in [3.8, 4) is 0 Å². The standard InChI is InChI=1S/C13H12ClNOS/c1-17(16,13-5-3-2-4-6-13)15-12-9-7-11(14)8-10-12/h2-10H,1H3. The average Bonchev–Trinajstić information content (AvgIpc) is 2.33. The van der Waals surface area contributed by atoms with E-state index in [1.807, 2.05) is 30.3 Å². The topological polar surface area (TPSA) is 29.4 Å². The first kappa shape index (κ1) is 12.1. The highest BCUT2D eigenvalue weighted by Gasteiger charge is 2.04. The largest absolute Gasteiger partial charge is 0.245 e. The highest BCUT2D eigenvalue weighted by Crippen LogP contribution is 2.21. The van der Waals surface area contributed by atoms with Gasteiger partial charge < -0.3 is 0 Å². The van der Waals surface area contributed by atoms with Gasteiger partial charge in [0.15, 0.2) is 0 Å². The fourth-order valence-electron chi connectivity index (χ4n) is 1.43. The zero-order valence-corrected chi connectivity index (χ0v) is 10.9. The molecule has 88 valence electrons. The lowest BCUT2D eigenvalue weighted by Gasteiger charge is -2.04. The van der Waals surface area contributed by atoms with E-state index in [0.717, 1.165) is 4.90 Å². The molecule has 0 bridgehead atoms. The van der Waals surface area contributed by atoms with Crippen LogP contribution in [0.25, 0.3) is 0 Å². The summed E-state index contributed by atoms with van der Waals surface area (Å²) in [6.07, 6.45) is 1.64. The van der Waals surface area contributed by atoms with E-state index < -0.39 is 9.73 Å². The molecule has 4 heteroatoms. The Kier molecular flexibility index (Phi) is 3.50. The molecule has 0 aliphatic carbocycles. The van der Waals surface area contributed by atoms with Crippen LogP contribution in [0.2, 0.25) is 5.02 Å². The van der Waals surface area contributed by atoms with Crippen LogP contribution in [0.4, 0.5) is 5.69 Å². The number of hydrogen-bond acceptors (Lipinski definition) is 2. The molecule has 0 saturated carbocycles. The minimum absolute atomic E-state index is 0.645. The predicted molar refractivity (Wildman–Crippen MR) is 72.3 cm³/mol. The van der Waals surface area contributed by atoms with Crippen LogP contribution in [0.1, 0.15) is 0 Å². The molecule has 0 aliphatic rings. The summed E-state index contributed by atoms with van der Waals surface area (Å²) in [5.74, 6) is 0. The molecule has 2 aromatic carbocycles. The van der Waals surface area contributed by atoms with Gasteiger partial charge >= 0.3 is 0 Å². The minimum Gasteiger partial charge on any atom is -0.245 e. The molecule has 0 saturated heterocycles. The molecule has 0 fully saturated rings. The maximum atomic E-state index is 12.4. The predicted octanol–water partition coefficient (Wildman–Crippen LogP) is 4.13. The Hall–Kier alpha value is -1.32. The van der Waals surface area contributed by atoms with Gasteiger partial charge in [-0.05, 0) is 36.4 Å². The molecule has 0 N–H and O–H groups in total.